The highest BCUT2D eigenvalue weighted by Crippen LogP contribution is 2.30. The van der Waals surface area contributed by atoms with Crippen LogP contribution in [0.3, 0.4) is 0 Å². The first-order valence-corrected chi connectivity index (χ1v) is 9.72. The lowest BCUT2D eigenvalue weighted by molar-refractivity contribution is -0.159. The molecule has 1 aromatic rings. The molecule has 1 aliphatic carbocycles. The molecule has 2 rings (SSSR count). The number of carbonyl (C=O) groups excluding carboxylic acids is 2. The largest absolute Gasteiger partial charge is 0.458 e. The molecule has 4 nitrogen and oxygen atoms in total. The second-order valence-corrected chi connectivity index (χ2v) is 8.70. The molecule has 134 valence electrons. The van der Waals surface area contributed by atoms with Crippen molar-refractivity contribution in [3.05, 3.63) is 20.8 Å². The van der Waals surface area contributed by atoms with Gasteiger partial charge in [-0.1, -0.05) is 30.9 Å². The Morgan fingerprint density at radius 3 is 2.42 bits per heavy atom. The number of halogens is 1. The van der Waals surface area contributed by atoms with Crippen LogP contribution in [0.25, 0.3) is 0 Å². The van der Waals surface area contributed by atoms with Gasteiger partial charge in [-0.2, -0.15) is 0 Å². The highest BCUT2D eigenvalue weighted by Gasteiger charge is 2.35. The number of ether oxygens (including phenoxy) is 1. The molecule has 0 aliphatic heterocycles. The van der Waals surface area contributed by atoms with Crippen LogP contribution in [0.4, 0.5) is 0 Å². The molecule has 1 N–H and O–H groups in total. The standard InChI is InChI=1S/C18H26ClNO3S/c1-11-10-24-15(13(11)19)16(21)20-14(12-8-6-5-7-9-12)17(22)23-18(2,3)4/h10,12,14H,5-9H2,1-4H3,(H,20,21). The molecule has 0 bridgehead atoms. The smallest absolute Gasteiger partial charge is 0.329 e. The third kappa shape index (κ3) is 4.96. The van der Waals surface area contributed by atoms with Crippen LogP contribution in [0.15, 0.2) is 5.38 Å². The van der Waals surface area contributed by atoms with E-state index in [1.54, 1.807) is 0 Å². The van der Waals surface area contributed by atoms with Crippen molar-refractivity contribution in [2.45, 2.75) is 71.4 Å². The predicted octanol–water partition coefficient (Wildman–Crippen LogP) is 4.73. The van der Waals surface area contributed by atoms with E-state index >= 15 is 0 Å². The normalized spacial score (nSPS) is 17.4. The Balaban J connectivity index is 2.17. The second kappa shape index (κ2) is 7.87. The predicted molar refractivity (Wildman–Crippen MR) is 97.7 cm³/mol. The van der Waals surface area contributed by atoms with Crippen molar-refractivity contribution in [2.75, 3.05) is 0 Å². The van der Waals surface area contributed by atoms with E-state index < -0.39 is 11.6 Å². The number of rotatable bonds is 4. The molecule has 6 heteroatoms. The second-order valence-electron chi connectivity index (χ2n) is 7.44. The van der Waals surface area contributed by atoms with Crippen LogP contribution in [-0.4, -0.2) is 23.5 Å². The number of amides is 1. The first-order chi connectivity index (χ1) is 11.2. The van der Waals surface area contributed by atoms with E-state index in [4.69, 9.17) is 16.3 Å². The fourth-order valence-electron chi connectivity index (χ4n) is 2.99. The topological polar surface area (TPSA) is 55.4 Å². The summed E-state index contributed by atoms with van der Waals surface area (Å²) in [7, 11) is 0. The summed E-state index contributed by atoms with van der Waals surface area (Å²) in [5.41, 5.74) is 0.296. The van der Waals surface area contributed by atoms with Gasteiger partial charge < -0.3 is 10.1 Å². The Bertz CT molecular complexity index is 600. The monoisotopic (exact) mass is 371 g/mol. The van der Waals surface area contributed by atoms with E-state index in [0.29, 0.717) is 9.90 Å². The molecule has 1 aromatic heterocycles. The molecule has 1 fully saturated rings. The quantitative estimate of drug-likeness (QED) is 0.778. The molecule has 0 aromatic carbocycles. The van der Waals surface area contributed by atoms with Gasteiger partial charge in [-0.15, -0.1) is 11.3 Å². The maximum atomic E-state index is 12.6. The zero-order valence-corrected chi connectivity index (χ0v) is 16.4. The first kappa shape index (κ1) is 19.3. The van der Waals surface area contributed by atoms with Crippen LogP contribution in [0.5, 0.6) is 0 Å². The number of hydrogen-bond acceptors (Lipinski definition) is 4. The Kier molecular flexibility index (Phi) is 6.32. The van der Waals surface area contributed by atoms with Crippen LogP contribution < -0.4 is 5.32 Å². The van der Waals surface area contributed by atoms with Crippen molar-refractivity contribution in [1.82, 2.24) is 5.32 Å². The zero-order chi connectivity index (χ0) is 17.9. The van der Waals surface area contributed by atoms with Crippen molar-refractivity contribution in [1.29, 1.82) is 0 Å². The summed E-state index contributed by atoms with van der Waals surface area (Å²) in [6.45, 7) is 7.38. The van der Waals surface area contributed by atoms with E-state index in [9.17, 15) is 9.59 Å². The molecule has 0 spiro atoms. The van der Waals surface area contributed by atoms with Crippen LogP contribution in [0.2, 0.25) is 5.02 Å². The molecule has 0 radical (unpaired) electrons. The van der Waals surface area contributed by atoms with Crippen LogP contribution >= 0.6 is 22.9 Å². The summed E-state index contributed by atoms with van der Waals surface area (Å²) >= 11 is 7.49. The van der Waals surface area contributed by atoms with Crippen molar-refractivity contribution in [2.24, 2.45) is 5.92 Å². The van der Waals surface area contributed by atoms with Gasteiger partial charge in [0.15, 0.2) is 0 Å². The van der Waals surface area contributed by atoms with E-state index in [2.05, 4.69) is 5.32 Å². The molecular weight excluding hydrogens is 346 g/mol. The van der Waals surface area contributed by atoms with E-state index in [0.717, 1.165) is 31.2 Å². The molecular formula is C18H26ClNO3S. The average molecular weight is 372 g/mol. The van der Waals surface area contributed by atoms with Gasteiger partial charge >= 0.3 is 5.97 Å². The minimum atomic E-state index is -0.615. The third-order valence-electron chi connectivity index (χ3n) is 4.17. The van der Waals surface area contributed by atoms with Crippen molar-refractivity contribution in [3.63, 3.8) is 0 Å². The SMILES string of the molecule is Cc1csc(C(=O)NC(C(=O)OC(C)(C)C)C2CCCCC2)c1Cl. The van der Waals surface area contributed by atoms with Gasteiger partial charge in [0.1, 0.15) is 16.5 Å². The lowest BCUT2D eigenvalue weighted by Gasteiger charge is -2.31. The Morgan fingerprint density at radius 2 is 1.92 bits per heavy atom. The summed E-state index contributed by atoms with van der Waals surface area (Å²) in [5.74, 6) is -0.524. The molecule has 1 aliphatic rings. The van der Waals surface area contributed by atoms with Gasteiger partial charge in [-0.25, -0.2) is 4.79 Å². The van der Waals surface area contributed by atoms with Gasteiger partial charge in [-0.05, 0) is 57.4 Å². The number of carbonyl (C=O) groups is 2. The van der Waals surface area contributed by atoms with E-state index in [1.165, 1.54) is 17.8 Å². The minimum Gasteiger partial charge on any atom is -0.458 e. The van der Waals surface area contributed by atoms with Gasteiger partial charge in [0.2, 0.25) is 0 Å². The van der Waals surface area contributed by atoms with E-state index in [1.807, 2.05) is 33.1 Å². The maximum Gasteiger partial charge on any atom is 0.329 e. The number of esters is 1. The first-order valence-electron chi connectivity index (χ1n) is 8.46. The number of hydrogen-bond donors (Lipinski definition) is 1. The number of nitrogens with one attached hydrogen (secondary N) is 1. The van der Waals surface area contributed by atoms with Crippen LogP contribution in [0, 0.1) is 12.8 Å². The third-order valence-corrected chi connectivity index (χ3v) is 5.87. The molecule has 1 unspecified atom stereocenters. The summed E-state index contributed by atoms with van der Waals surface area (Å²) in [6, 6.07) is -0.615. The maximum absolute atomic E-state index is 12.6. The van der Waals surface area contributed by atoms with Crippen molar-refractivity contribution < 1.29 is 14.3 Å². The van der Waals surface area contributed by atoms with Gasteiger partial charge in [0, 0.05) is 0 Å². The van der Waals surface area contributed by atoms with Crippen LogP contribution in [0.1, 0.15) is 68.1 Å². The van der Waals surface area contributed by atoms with E-state index in [-0.39, 0.29) is 17.8 Å². The average Bonchev–Trinajstić information content (AvgIpc) is 2.83. The highest BCUT2D eigenvalue weighted by molar-refractivity contribution is 7.13. The van der Waals surface area contributed by atoms with Gasteiger partial charge in [-0.3, -0.25) is 4.79 Å². The molecule has 1 saturated carbocycles. The van der Waals surface area contributed by atoms with Crippen molar-refractivity contribution >= 4 is 34.8 Å². The summed E-state index contributed by atoms with van der Waals surface area (Å²) in [4.78, 5) is 25.7. The lowest BCUT2D eigenvalue weighted by atomic mass is 9.83. The molecule has 1 heterocycles. The fraction of sp³-hybridized carbons (Fsp3) is 0.667. The van der Waals surface area contributed by atoms with Gasteiger partial charge in [0.05, 0.1) is 5.02 Å². The highest BCUT2D eigenvalue weighted by atomic mass is 35.5. The molecule has 24 heavy (non-hydrogen) atoms. The molecule has 0 saturated heterocycles. The Morgan fingerprint density at radius 1 is 1.29 bits per heavy atom. The lowest BCUT2D eigenvalue weighted by Crippen LogP contribution is -2.49. The molecule has 1 atom stereocenters. The molecule has 1 amide bonds. The summed E-state index contributed by atoms with van der Waals surface area (Å²) in [5, 5.41) is 5.20. The Hall–Kier alpha value is -1.07. The zero-order valence-electron chi connectivity index (χ0n) is 14.8. The van der Waals surface area contributed by atoms with Crippen molar-refractivity contribution in [3.8, 4) is 0 Å². The summed E-state index contributed by atoms with van der Waals surface area (Å²) in [6.07, 6.45) is 5.21. The number of thiophene rings is 1. The van der Waals surface area contributed by atoms with Crippen LogP contribution in [-0.2, 0) is 9.53 Å². The summed E-state index contributed by atoms with van der Waals surface area (Å²) < 4.78 is 5.54. The fourth-order valence-corrected chi connectivity index (χ4v) is 4.17. The minimum absolute atomic E-state index is 0.123. The number of aryl methyl sites for hydroxylation is 1. The van der Waals surface area contributed by atoms with Gasteiger partial charge in [0.25, 0.3) is 5.91 Å². The Labute approximate surface area is 152 Å².